The van der Waals surface area contributed by atoms with Crippen LogP contribution in [0, 0.1) is 0 Å². The van der Waals surface area contributed by atoms with Gasteiger partial charge < -0.3 is 14.8 Å². The molecule has 1 atom stereocenters. The molecule has 0 saturated heterocycles. The Morgan fingerprint density at radius 1 is 1.67 bits per heavy atom. The predicted octanol–water partition coefficient (Wildman–Crippen LogP) is -0.419. The van der Waals surface area contributed by atoms with Crippen molar-refractivity contribution in [3.8, 4) is 0 Å². The molecule has 12 heavy (non-hydrogen) atoms. The maximum absolute atomic E-state index is 10.4. The van der Waals surface area contributed by atoms with Gasteiger partial charge in [0.2, 0.25) is 6.41 Å². The summed E-state index contributed by atoms with van der Waals surface area (Å²) < 4.78 is 0. The van der Waals surface area contributed by atoms with Crippen LogP contribution >= 0.6 is 0 Å². The molecule has 0 aliphatic rings. The van der Waals surface area contributed by atoms with Gasteiger partial charge in [-0.1, -0.05) is 6.58 Å². The minimum atomic E-state index is -0.467. The first-order valence-corrected chi connectivity index (χ1v) is 3.59. The summed E-state index contributed by atoms with van der Waals surface area (Å²) in [5.41, 5.74) is 0.510. The lowest BCUT2D eigenvalue weighted by atomic mass is 10.2. The fourth-order valence-corrected chi connectivity index (χ4v) is 0.664. The lowest BCUT2D eigenvalue weighted by Crippen LogP contribution is -2.34. The molecule has 1 unspecified atom stereocenters. The van der Waals surface area contributed by atoms with Crippen LogP contribution in [-0.4, -0.2) is 41.9 Å². The highest BCUT2D eigenvalue weighted by Gasteiger charge is 2.10. The zero-order valence-electron chi connectivity index (χ0n) is 7.06. The Balaban J connectivity index is 4.07. The van der Waals surface area contributed by atoms with E-state index in [0.29, 0.717) is 18.3 Å². The Morgan fingerprint density at radius 3 is 2.58 bits per heavy atom. The van der Waals surface area contributed by atoms with E-state index in [1.165, 1.54) is 4.90 Å². The van der Waals surface area contributed by atoms with E-state index in [4.69, 9.17) is 5.11 Å². The number of amides is 1. The van der Waals surface area contributed by atoms with Crippen molar-refractivity contribution in [1.29, 1.82) is 0 Å². The van der Waals surface area contributed by atoms with Gasteiger partial charge in [0.25, 0.3) is 0 Å². The van der Waals surface area contributed by atoms with Gasteiger partial charge >= 0.3 is 0 Å². The Morgan fingerprint density at radius 2 is 2.25 bits per heavy atom. The summed E-state index contributed by atoms with van der Waals surface area (Å²) in [6.45, 7) is 5.17. The molecule has 0 aromatic heterocycles. The minimum Gasteiger partial charge on any atom is -0.392 e. The van der Waals surface area contributed by atoms with E-state index in [2.05, 4.69) is 6.58 Å². The molecule has 0 aromatic rings. The van der Waals surface area contributed by atoms with Crippen molar-refractivity contribution in [3.63, 3.8) is 0 Å². The number of rotatable bonds is 6. The Kier molecular flexibility index (Phi) is 4.96. The first kappa shape index (κ1) is 10.8. The normalized spacial score (nSPS) is 11.8. The third-order valence-electron chi connectivity index (χ3n) is 1.49. The lowest BCUT2D eigenvalue weighted by molar-refractivity contribution is -0.124. The van der Waals surface area contributed by atoms with Gasteiger partial charge in [-0.15, -0.1) is 0 Å². The molecule has 0 fully saturated rings. The number of hydrogen-bond acceptors (Lipinski definition) is 3. The van der Waals surface area contributed by atoms with Crippen molar-refractivity contribution in [1.82, 2.24) is 4.90 Å². The second kappa shape index (κ2) is 5.49. The molecule has 0 bridgehead atoms. The standard InChI is InChI=1S/C8H13NO3/c1-7(4-10)3-9(6-12)8(2)5-11/h5-6,8,10H,1,3-4H2,2H3. The van der Waals surface area contributed by atoms with Crippen LogP contribution in [0.5, 0.6) is 0 Å². The fraction of sp³-hybridized carbons (Fsp3) is 0.500. The second-order valence-electron chi connectivity index (χ2n) is 2.56. The zero-order valence-corrected chi connectivity index (χ0v) is 7.06. The number of aldehydes is 1. The van der Waals surface area contributed by atoms with Gasteiger partial charge in [-0.25, -0.2) is 0 Å². The Labute approximate surface area is 71.5 Å². The largest absolute Gasteiger partial charge is 0.392 e. The quantitative estimate of drug-likeness (QED) is 0.436. The zero-order chi connectivity index (χ0) is 9.56. The first-order valence-electron chi connectivity index (χ1n) is 3.59. The van der Waals surface area contributed by atoms with E-state index in [0.717, 1.165) is 0 Å². The van der Waals surface area contributed by atoms with Crippen molar-refractivity contribution >= 4 is 12.7 Å². The summed E-state index contributed by atoms with van der Waals surface area (Å²) in [6, 6.07) is -0.467. The third-order valence-corrected chi connectivity index (χ3v) is 1.49. The monoisotopic (exact) mass is 171 g/mol. The molecule has 68 valence electrons. The number of nitrogens with zero attached hydrogens (tertiary/aromatic N) is 1. The van der Waals surface area contributed by atoms with Crippen molar-refractivity contribution in [2.45, 2.75) is 13.0 Å². The van der Waals surface area contributed by atoms with Crippen LogP contribution in [0.1, 0.15) is 6.92 Å². The molecule has 1 N–H and O–H groups in total. The Bertz CT molecular complexity index is 179. The average Bonchev–Trinajstić information content (AvgIpc) is 2.12. The van der Waals surface area contributed by atoms with Crippen LogP contribution < -0.4 is 0 Å². The van der Waals surface area contributed by atoms with Crippen LogP contribution in [0.15, 0.2) is 12.2 Å². The van der Waals surface area contributed by atoms with E-state index < -0.39 is 6.04 Å². The topological polar surface area (TPSA) is 57.6 Å². The van der Waals surface area contributed by atoms with Gasteiger partial charge in [-0.05, 0) is 12.5 Å². The molecule has 4 heteroatoms. The molecule has 4 nitrogen and oxygen atoms in total. The second-order valence-corrected chi connectivity index (χ2v) is 2.56. The van der Waals surface area contributed by atoms with Gasteiger partial charge in [0.15, 0.2) is 0 Å². The van der Waals surface area contributed by atoms with E-state index in [1.807, 2.05) is 0 Å². The Hall–Kier alpha value is -1.16. The minimum absolute atomic E-state index is 0.171. The van der Waals surface area contributed by atoms with Gasteiger partial charge in [-0.2, -0.15) is 0 Å². The predicted molar refractivity (Wildman–Crippen MR) is 44.5 cm³/mol. The average molecular weight is 171 g/mol. The van der Waals surface area contributed by atoms with Crippen LogP contribution in [-0.2, 0) is 9.59 Å². The smallest absolute Gasteiger partial charge is 0.210 e. The fourth-order valence-electron chi connectivity index (χ4n) is 0.664. The molecular formula is C8H13NO3. The maximum atomic E-state index is 10.4. The van der Waals surface area contributed by atoms with Crippen molar-refractivity contribution in [2.75, 3.05) is 13.2 Å². The third kappa shape index (κ3) is 3.30. The van der Waals surface area contributed by atoms with Crippen molar-refractivity contribution in [3.05, 3.63) is 12.2 Å². The number of carbonyl (C=O) groups excluding carboxylic acids is 2. The summed E-state index contributed by atoms with van der Waals surface area (Å²) in [7, 11) is 0. The van der Waals surface area contributed by atoms with Gasteiger partial charge in [0.1, 0.15) is 6.29 Å². The molecule has 0 spiro atoms. The molecule has 0 aliphatic heterocycles. The molecule has 0 heterocycles. The van der Waals surface area contributed by atoms with Crippen LogP contribution in [0.25, 0.3) is 0 Å². The molecular weight excluding hydrogens is 158 g/mol. The molecule has 0 rings (SSSR count). The molecule has 1 amide bonds. The number of carbonyl (C=O) groups is 2. The number of aliphatic hydroxyl groups excluding tert-OH is 1. The summed E-state index contributed by atoms with van der Waals surface area (Å²) in [5.74, 6) is 0. The van der Waals surface area contributed by atoms with E-state index in [-0.39, 0.29) is 13.2 Å². The number of aliphatic hydroxyl groups is 1. The highest BCUT2D eigenvalue weighted by atomic mass is 16.3. The number of hydrogen-bond donors (Lipinski definition) is 1. The highest BCUT2D eigenvalue weighted by Crippen LogP contribution is 1.97. The highest BCUT2D eigenvalue weighted by molar-refractivity contribution is 5.63. The summed E-state index contributed by atoms with van der Waals surface area (Å²) in [6.07, 6.45) is 1.24. The molecule has 0 aromatic carbocycles. The lowest BCUT2D eigenvalue weighted by Gasteiger charge is -2.20. The van der Waals surface area contributed by atoms with E-state index >= 15 is 0 Å². The van der Waals surface area contributed by atoms with Crippen molar-refractivity contribution < 1.29 is 14.7 Å². The molecule has 0 aliphatic carbocycles. The van der Waals surface area contributed by atoms with Gasteiger partial charge in [0, 0.05) is 6.54 Å². The molecule has 0 radical (unpaired) electrons. The van der Waals surface area contributed by atoms with E-state index in [1.54, 1.807) is 6.92 Å². The first-order chi connectivity index (χ1) is 5.65. The van der Waals surface area contributed by atoms with Crippen LogP contribution in [0.2, 0.25) is 0 Å². The summed E-state index contributed by atoms with van der Waals surface area (Å²) in [4.78, 5) is 22.0. The van der Waals surface area contributed by atoms with Crippen LogP contribution in [0.4, 0.5) is 0 Å². The van der Waals surface area contributed by atoms with Crippen LogP contribution in [0.3, 0.4) is 0 Å². The maximum Gasteiger partial charge on any atom is 0.210 e. The van der Waals surface area contributed by atoms with Gasteiger partial charge in [0.05, 0.1) is 12.6 Å². The van der Waals surface area contributed by atoms with Gasteiger partial charge in [-0.3, -0.25) is 4.79 Å². The van der Waals surface area contributed by atoms with E-state index in [9.17, 15) is 9.59 Å². The summed E-state index contributed by atoms with van der Waals surface area (Å²) >= 11 is 0. The molecule has 0 saturated carbocycles. The SMILES string of the molecule is C=C(CO)CN(C=O)C(C)C=O. The van der Waals surface area contributed by atoms with Crippen molar-refractivity contribution in [2.24, 2.45) is 0 Å². The summed E-state index contributed by atoms with van der Waals surface area (Å²) in [5, 5.41) is 8.60.